The van der Waals surface area contributed by atoms with E-state index in [4.69, 9.17) is 4.74 Å². The van der Waals surface area contributed by atoms with E-state index < -0.39 is 5.41 Å². The van der Waals surface area contributed by atoms with Gasteiger partial charge in [-0.2, -0.15) is 5.26 Å². The number of ether oxygens (including phenoxy) is 1. The summed E-state index contributed by atoms with van der Waals surface area (Å²) in [4.78, 5) is 0. The number of hydrogen-bond donors (Lipinski definition) is 0. The molecule has 4 heteroatoms. The Bertz CT molecular complexity index is 724. The first kappa shape index (κ1) is 16.5. The molecule has 0 fully saturated rings. The molecule has 2 aromatic carbocycles. The van der Waals surface area contributed by atoms with E-state index in [-0.39, 0.29) is 4.65 Å². The van der Waals surface area contributed by atoms with Gasteiger partial charge in [-0.05, 0) is 30.0 Å². The Morgan fingerprint density at radius 2 is 1.79 bits per heavy atom. The Hall–Kier alpha value is -2.35. The van der Waals surface area contributed by atoms with Crippen LogP contribution in [0.25, 0.3) is 0 Å². The third-order valence-corrected chi connectivity index (χ3v) is 4.65. The van der Waals surface area contributed by atoms with Gasteiger partial charge in [-0.1, -0.05) is 42.5 Å². The van der Waals surface area contributed by atoms with Crippen molar-refractivity contribution in [1.82, 2.24) is 0 Å². The topological polar surface area (TPSA) is 56.1 Å². The first-order chi connectivity index (χ1) is 11.5. The summed E-state index contributed by atoms with van der Waals surface area (Å²) in [5, 5.41) is 22.1. The molecule has 0 saturated carbocycles. The number of hydroxylamine groups is 3. The van der Waals surface area contributed by atoms with Crippen LogP contribution >= 0.6 is 0 Å². The molecule has 0 spiro atoms. The zero-order chi connectivity index (χ0) is 17.2. The molecule has 3 rings (SSSR count). The lowest BCUT2D eigenvalue weighted by Gasteiger charge is -2.35. The van der Waals surface area contributed by atoms with Gasteiger partial charge in [0.1, 0.15) is 17.8 Å². The van der Waals surface area contributed by atoms with Crippen LogP contribution in [-0.4, -0.2) is 25.3 Å². The second-order valence-corrected chi connectivity index (χ2v) is 6.86. The fourth-order valence-electron chi connectivity index (χ4n) is 3.48. The van der Waals surface area contributed by atoms with Crippen LogP contribution in [0.3, 0.4) is 0 Å². The van der Waals surface area contributed by atoms with Crippen LogP contribution in [0.15, 0.2) is 48.5 Å². The molecule has 0 aromatic heterocycles. The highest BCUT2D eigenvalue weighted by atomic mass is 16.5. The summed E-state index contributed by atoms with van der Waals surface area (Å²) in [6.45, 7) is 0.939. The first-order valence-electron chi connectivity index (χ1n) is 8.22. The van der Waals surface area contributed by atoms with Gasteiger partial charge >= 0.3 is 0 Å². The normalized spacial score (nSPS) is 19.4. The monoisotopic (exact) mass is 322 g/mol. The number of para-hydroxylation sites is 1. The smallest absolute Gasteiger partial charge is 0.124 e. The number of hydrogen-bond acceptors (Lipinski definition) is 3. The number of nitriles is 1. The standard InChI is InChI=1S/C20H22N2O2/c1-22(2,23)13-7-12-20(15-21)17-9-4-3-8-16(17)14-24-19-11-6-5-10-18(19)20/h3-6,8-11H,7,12-14H2,1-2H3. The molecule has 0 saturated heterocycles. The van der Waals surface area contributed by atoms with Crippen LogP contribution in [0.4, 0.5) is 0 Å². The Kier molecular flexibility index (Phi) is 4.31. The Balaban J connectivity index is 2.10. The van der Waals surface area contributed by atoms with Crippen LogP contribution in [-0.2, 0) is 12.0 Å². The molecule has 0 aliphatic carbocycles. The van der Waals surface area contributed by atoms with Gasteiger partial charge in [0.2, 0.25) is 0 Å². The summed E-state index contributed by atoms with van der Waals surface area (Å²) in [6.07, 6.45) is 1.28. The molecule has 1 aliphatic heterocycles. The summed E-state index contributed by atoms with van der Waals surface area (Å²) >= 11 is 0. The van der Waals surface area contributed by atoms with Crippen LogP contribution in [0.1, 0.15) is 29.5 Å². The average molecular weight is 322 g/mol. The van der Waals surface area contributed by atoms with Crippen LogP contribution in [0, 0.1) is 16.5 Å². The summed E-state index contributed by atoms with van der Waals surface area (Å²) in [5.74, 6) is 0.756. The molecule has 0 N–H and O–H groups in total. The maximum absolute atomic E-state index is 11.9. The summed E-state index contributed by atoms with van der Waals surface area (Å²) in [7, 11) is 3.27. The minimum absolute atomic E-state index is 0.346. The van der Waals surface area contributed by atoms with Crippen molar-refractivity contribution >= 4 is 0 Å². The predicted octanol–water partition coefficient (Wildman–Crippen LogP) is 3.74. The molecule has 124 valence electrons. The van der Waals surface area contributed by atoms with E-state index >= 15 is 0 Å². The number of benzene rings is 2. The highest BCUT2D eigenvalue weighted by Gasteiger charge is 2.40. The molecule has 1 unspecified atom stereocenters. The number of nitrogens with zero attached hydrogens (tertiary/aromatic N) is 2. The zero-order valence-corrected chi connectivity index (χ0v) is 14.2. The van der Waals surface area contributed by atoms with Gasteiger partial charge in [-0.3, -0.25) is 0 Å². The number of fused-ring (bicyclic) bond motifs is 2. The van der Waals surface area contributed by atoms with Crippen molar-refractivity contribution < 1.29 is 9.38 Å². The molecular weight excluding hydrogens is 300 g/mol. The van der Waals surface area contributed by atoms with E-state index in [1.807, 2.05) is 48.5 Å². The highest BCUT2D eigenvalue weighted by molar-refractivity contribution is 5.55. The predicted molar refractivity (Wildman–Crippen MR) is 93.2 cm³/mol. The molecule has 24 heavy (non-hydrogen) atoms. The minimum atomic E-state index is -0.779. The van der Waals surface area contributed by atoms with Crippen molar-refractivity contribution in [2.24, 2.45) is 0 Å². The Labute approximate surface area is 143 Å². The van der Waals surface area contributed by atoms with Gasteiger partial charge in [0.15, 0.2) is 0 Å². The Morgan fingerprint density at radius 3 is 2.50 bits per heavy atom. The zero-order valence-electron chi connectivity index (χ0n) is 14.2. The molecule has 1 heterocycles. The fourth-order valence-corrected chi connectivity index (χ4v) is 3.48. The molecular formula is C20H22N2O2. The van der Waals surface area contributed by atoms with E-state index in [2.05, 4.69) is 6.07 Å². The van der Waals surface area contributed by atoms with Crippen molar-refractivity contribution in [1.29, 1.82) is 5.26 Å². The quantitative estimate of drug-likeness (QED) is 0.636. The number of quaternary nitrogens is 1. The van der Waals surface area contributed by atoms with Gasteiger partial charge in [0, 0.05) is 5.56 Å². The third-order valence-electron chi connectivity index (χ3n) is 4.65. The van der Waals surface area contributed by atoms with Crippen molar-refractivity contribution in [3.05, 3.63) is 70.4 Å². The first-order valence-corrected chi connectivity index (χ1v) is 8.22. The van der Waals surface area contributed by atoms with Crippen LogP contribution in [0.2, 0.25) is 0 Å². The molecule has 1 aliphatic rings. The second-order valence-electron chi connectivity index (χ2n) is 6.86. The number of rotatable bonds is 4. The van der Waals surface area contributed by atoms with Gasteiger partial charge in [-0.15, -0.1) is 0 Å². The van der Waals surface area contributed by atoms with Gasteiger partial charge in [0.05, 0.1) is 26.7 Å². The third kappa shape index (κ3) is 3.01. The average Bonchev–Trinajstić information content (AvgIpc) is 2.70. The summed E-state index contributed by atoms with van der Waals surface area (Å²) in [6, 6.07) is 18.3. The van der Waals surface area contributed by atoms with Crippen LogP contribution in [0.5, 0.6) is 5.75 Å². The van der Waals surface area contributed by atoms with E-state index in [9.17, 15) is 10.5 Å². The van der Waals surface area contributed by atoms with E-state index in [0.29, 0.717) is 26.0 Å². The molecule has 2 aromatic rings. The highest BCUT2D eigenvalue weighted by Crippen LogP contribution is 2.44. The van der Waals surface area contributed by atoms with Crippen molar-refractivity contribution in [2.45, 2.75) is 24.9 Å². The van der Waals surface area contributed by atoms with E-state index in [1.54, 1.807) is 14.1 Å². The lowest BCUT2D eigenvalue weighted by atomic mass is 9.71. The van der Waals surface area contributed by atoms with Crippen LogP contribution < -0.4 is 4.74 Å². The second kappa shape index (κ2) is 6.27. The molecule has 1 atom stereocenters. The minimum Gasteiger partial charge on any atom is -0.633 e. The largest absolute Gasteiger partial charge is 0.633 e. The maximum atomic E-state index is 11.9. The summed E-state index contributed by atoms with van der Waals surface area (Å²) < 4.78 is 5.62. The van der Waals surface area contributed by atoms with E-state index in [0.717, 1.165) is 22.4 Å². The van der Waals surface area contributed by atoms with Crippen molar-refractivity contribution in [3.8, 4) is 11.8 Å². The maximum Gasteiger partial charge on any atom is 0.124 e. The van der Waals surface area contributed by atoms with Gasteiger partial charge in [-0.25, -0.2) is 0 Å². The lowest BCUT2D eigenvalue weighted by molar-refractivity contribution is -0.840. The SMILES string of the molecule is C[N+](C)([O-])CCCC1(C#N)c2ccccc2COc2ccccc21. The summed E-state index contributed by atoms with van der Waals surface area (Å²) in [5.41, 5.74) is 2.15. The lowest BCUT2D eigenvalue weighted by Crippen LogP contribution is -2.35. The fraction of sp³-hybridized carbons (Fsp3) is 0.350. The molecule has 0 amide bonds. The molecule has 0 bridgehead atoms. The Morgan fingerprint density at radius 1 is 1.12 bits per heavy atom. The van der Waals surface area contributed by atoms with E-state index in [1.165, 1.54) is 0 Å². The van der Waals surface area contributed by atoms with Gasteiger partial charge in [0.25, 0.3) is 0 Å². The van der Waals surface area contributed by atoms with Gasteiger partial charge < -0.3 is 14.6 Å². The molecule has 4 nitrogen and oxygen atoms in total. The molecule has 0 radical (unpaired) electrons. The van der Waals surface area contributed by atoms with Crippen molar-refractivity contribution in [2.75, 3.05) is 20.6 Å². The van der Waals surface area contributed by atoms with Crippen molar-refractivity contribution in [3.63, 3.8) is 0 Å².